The van der Waals surface area contributed by atoms with E-state index < -0.39 is 11.9 Å². The summed E-state index contributed by atoms with van der Waals surface area (Å²) in [5.41, 5.74) is 0.832. The van der Waals surface area contributed by atoms with Gasteiger partial charge in [0.25, 0.3) is 5.91 Å². The van der Waals surface area contributed by atoms with Crippen molar-refractivity contribution in [2.45, 2.75) is 26.4 Å². The lowest BCUT2D eigenvalue weighted by Crippen LogP contribution is -2.32. The molecule has 0 radical (unpaired) electrons. The Hall–Kier alpha value is -3.48. The highest BCUT2D eigenvalue weighted by Crippen LogP contribution is 2.18. The Bertz CT molecular complexity index is 965. The van der Waals surface area contributed by atoms with Gasteiger partial charge in [0.1, 0.15) is 17.3 Å². The maximum absolute atomic E-state index is 13.0. The molecule has 7 heteroatoms. The first-order valence-electron chi connectivity index (χ1n) is 8.77. The van der Waals surface area contributed by atoms with Crippen LogP contribution in [0.25, 0.3) is 0 Å². The molecule has 0 saturated heterocycles. The van der Waals surface area contributed by atoms with Gasteiger partial charge in [-0.05, 0) is 61.9 Å². The van der Waals surface area contributed by atoms with Crippen molar-refractivity contribution in [3.8, 4) is 5.75 Å². The van der Waals surface area contributed by atoms with Gasteiger partial charge >= 0.3 is 0 Å². The minimum absolute atomic E-state index is 0.224. The lowest BCUT2D eigenvalue weighted by Gasteiger charge is -2.16. The number of carbonyl (C=O) groups excluding carboxylic acids is 2. The summed E-state index contributed by atoms with van der Waals surface area (Å²) in [6.45, 7) is 3.55. The minimum atomic E-state index is -0.726. The van der Waals surface area contributed by atoms with E-state index in [2.05, 4.69) is 10.5 Å². The Morgan fingerprint density at radius 1 is 1.11 bits per heavy atom. The summed E-state index contributed by atoms with van der Waals surface area (Å²) < 4.78 is 23.6. The van der Waals surface area contributed by atoms with Crippen LogP contribution >= 0.6 is 0 Å². The second-order valence-corrected chi connectivity index (χ2v) is 6.19. The van der Waals surface area contributed by atoms with Crippen LogP contribution in [0.3, 0.4) is 0 Å². The highest BCUT2D eigenvalue weighted by atomic mass is 19.1. The summed E-state index contributed by atoms with van der Waals surface area (Å²) in [5, 5.41) is 6.36. The average molecular weight is 382 g/mol. The monoisotopic (exact) mass is 382 g/mol. The van der Waals surface area contributed by atoms with Gasteiger partial charge in [0, 0.05) is 17.2 Å². The number of aromatic nitrogens is 1. The lowest BCUT2D eigenvalue weighted by molar-refractivity contribution is -0.122. The molecule has 0 aliphatic heterocycles. The maximum Gasteiger partial charge on any atom is 0.266 e. The third-order valence-electron chi connectivity index (χ3n) is 4.04. The van der Waals surface area contributed by atoms with E-state index in [9.17, 15) is 14.0 Å². The number of ketones is 1. The molecule has 1 amide bonds. The molecule has 0 aliphatic rings. The molecule has 6 nitrogen and oxygen atoms in total. The van der Waals surface area contributed by atoms with Crippen molar-refractivity contribution in [1.29, 1.82) is 0 Å². The molecule has 1 N–H and O–H groups in total. The fourth-order valence-electron chi connectivity index (χ4n) is 2.57. The summed E-state index contributed by atoms with van der Waals surface area (Å²) in [5.74, 6) is 0.398. The van der Waals surface area contributed by atoms with Crippen LogP contribution in [0.15, 0.2) is 59.1 Å². The predicted molar refractivity (Wildman–Crippen MR) is 101 cm³/mol. The standard InChI is InChI=1S/C21H19FN2O4/c1-3-18(21(26)23-19-12-13(2)28-24-19)27-17-10-6-15(7-11-17)20(25)14-4-8-16(22)9-5-14/h4-12,18H,3H2,1-2H3,(H,23,24,26). The van der Waals surface area contributed by atoms with Gasteiger partial charge < -0.3 is 14.6 Å². The minimum Gasteiger partial charge on any atom is -0.481 e. The van der Waals surface area contributed by atoms with Gasteiger partial charge in [0.05, 0.1) is 0 Å². The van der Waals surface area contributed by atoms with Gasteiger partial charge in [-0.1, -0.05) is 12.1 Å². The predicted octanol–water partition coefficient (Wildman–Crippen LogP) is 4.15. The van der Waals surface area contributed by atoms with Crippen LogP contribution in [-0.2, 0) is 4.79 Å². The van der Waals surface area contributed by atoms with Crippen LogP contribution in [0.4, 0.5) is 10.2 Å². The third-order valence-corrected chi connectivity index (χ3v) is 4.04. The van der Waals surface area contributed by atoms with Crippen molar-refractivity contribution in [1.82, 2.24) is 5.16 Å². The molecule has 3 rings (SSSR count). The summed E-state index contributed by atoms with van der Waals surface area (Å²) in [6, 6.07) is 13.4. The highest BCUT2D eigenvalue weighted by molar-refractivity contribution is 6.09. The van der Waals surface area contributed by atoms with E-state index in [1.165, 1.54) is 24.3 Å². The number of hydrogen-bond donors (Lipinski definition) is 1. The molecular formula is C21H19FN2O4. The van der Waals surface area contributed by atoms with E-state index in [1.54, 1.807) is 37.3 Å². The van der Waals surface area contributed by atoms with Crippen molar-refractivity contribution in [2.75, 3.05) is 5.32 Å². The number of aryl methyl sites for hydroxylation is 1. The quantitative estimate of drug-likeness (QED) is 0.621. The van der Waals surface area contributed by atoms with Crippen LogP contribution in [0.2, 0.25) is 0 Å². The topological polar surface area (TPSA) is 81.4 Å². The zero-order valence-electron chi connectivity index (χ0n) is 15.4. The van der Waals surface area contributed by atoms with E-state index in [-0.39, 0.29) is 11.7 Å². The molecule has 0 aliphatic carbocycles. The zero-order valence-corrected chi connectivity index (χ0v) is 15.4. The first-order valence-corrected chi connectivity index (χ1v) is 8.77. The van der Waals surface area contributed by atoms with Crippen LogP contribution in [0.5, 0.6) is 5.75 Å². The number of ether oxygens (including phenoxy) is 1. The molecule has 0 saturated carbocycles. The van der Waals surface area contributed by atoms with Crippen LogP contribution in [-0.4, -0.2) is 23.0 Å². The molecule has 2 aromatic carbocycles. The molecule has 0 fully saturated rings. The largest absolute Gasteiger partial charge is 0.481 e. The van der Waals surface area contributed by atoms with Gasteiger partial charge in [-0.3, -0.25) is 9.59 Å². The van der Waals surface area contributed by atoms with E-state index >= 15 is 0 Å². The summed E-state index contributed by atoms with van der Waals surface area (Å²) in [4.78, 5) is 24.8. The molecule has 3 aromatic rings. The summed E-state index contributed by atoms with van der Waals surface area (Å²) >= 11 is 0. The fourth-order valence-corrected chi connectivity index (χ4v) is 2.57. The number of nitrogens with zero attached hydrogens (tertiary/aromatic N) is 1. The Balaban J connectivity index is 1.65. The first kappa shape index (κ1) is 19.3. The Morgan fingerprint density at radius 2 is 1.71 bits per heavy atom. The number of carbonyl (C=O) groups is 2. The fraction of sp³-hybridized carbons (Fsp3) is 0.190. The number of anilines is 1. The van der Waals surface area contributed by atoms with Gasteiger partial charge in [0.15, 0.2) is 17.7 Å². The number of halogens is 1. The van der Waals surface area contributed by atoms with E-state index in [4.69, 9.17) is 9.26 Å². The summed E-state index contributed by atoms with van der Waals surface area (Å²) in [7, 11) is 0. The third kappa shape index (κ3) is 4.62. The molecule has 0 spiro atoms. The Morgan fingerprint density at radius 3 is 2.25 bits per heavy atom. The van der Waals surface area contributed by atoms with Crippen molar-refractivity contribution in [3.05, 3.63) is 77.3 Å². The SMILES string of the molecule is CCC(Oc1ccc(C(=O)c2ccc(F)cc2)cc1)C(=O)Nc1cc(C)on1. The first-order chi connectivity index (χ1) is 13.5. The molecule has 144 valence electrons. The second-order valence-electron chi connectivity index (χ2n) is 6.19. The smallest absolute Gasteiger partial charge is 0.266 e. The van der Waals surface area contributed by atoms with Gasteiger partial charge in [0.2, 0.25) is 0 Å². The normalized spacial score (nSPS) is 11.7. The van der Waals surface area contributed by atoms with Crippen molar-refractivity contribution in [2.24, 2.45) is 0 Å². The van der Waals surface area contributed by atoms with E-state index in [0.717, 1.165) is 0 Å². The van der Waals surface area contributed by atoms with E-state index in [0.29, 0.717) is 34.9 Å². The number of benzene rings is 2. The average Bonchev–Trinajstić information content (AvgIpc) is 3.11. The molecule has 28 heavy (non-hydrogen) atoms. The molecule has 1 heterocycles. The Kier molecular flexibility index (Phi) is 5.84. The molecular weight excluding hydrogens is 363 g/mol. The summed E-state index contributed by atoms with van der Waals surface area (Å²) in [6.07, 6.45) is -0.283. The molecule has 0 bridgehead atoms. The van der Waals surface area contributed by atoms with Gasteiger partial charge in [-0.2, -0.15) is 0 Å². The molecule has 1 aromatic heterocycles. The highest BCUT2D eigenvalue weighted by Gasteiger charge is 2.20. The number of rotatable bonds is 7. The van der Waals surface area contributed by atoms with Crippen LogP contribution in [0.1, 0.15) is 35.0 Å². The van der Waals surface area contributed by atoms with Crippen molar-refractivity contribution >= 4 is 17.5 Å². The second kappa shape index (κ2) is 8.47. The lowest BCUT2D eigenvalue weighted by atomic mass is 10.0. The van der Waals surface area contributed by atoms with E-state index in [1.807, 2.05) is 6.92 Å². The van der Waals surface area contributed by atoms with Gasteiger partial charge in [-0.25, -0.2) is 4.39 Å². The van der Waals surface area contributed by atoms with Crippen LogP contribution < -0.4 is 10.1 Å². The van der Waals surface area contributed by atoms with Crippen molar-refractivity contribution in [3.63, 3.8) is 0 Å². The van der Waals surface area contributed by atoms with Crippen LogP contribution in [0, 0.1) is 12.7 Å². The Labute approximate surface area is 161 Å². The zero-order chi connectivity index (χ0) is 20.1. The van der Waals surface area contributed by atoms with Gasteiger partial charge in [-0.15, -0.1) is 0 Å². The van der Waals surface area contributed by atoms with Crippen molar-refractivity contribution < 1.29 is 23.2 Å². The number of nitrogens with one attached hydrogen (secondary N) is 1. The maximum atomic E-state index is 13.0. The number of hydrogen-bond acceptors (Lipinski definition) is 5. The molecule has 1 unspecified atom stereocenters. The number of amides is 1. The molecule has 1 atom stereocenters.